The minimum atomic E-state index is -0.462. The Morgan fingerprint density at radius 2 is 2.39 bits per heavy atom. The van der Waals surface area contributed by atoms with Gasteiger partial charge in [0, 0.05) is 42.4 Å². The fraction of sp³-hybridized carbons (Fsp3) is 0.357. The SMILES string of the molecule is COCCCC(N)C(=O)c1ccc2[c]c[nH]c2c1. The third kappa shape index (κ3) is 2.78. The molecule has 0 aliphatic heterocycles. The molecular formula is C14H17N2O2. The summed E-state index contributed by atoms with van der Waals surface area (Å²) in [7, 11) is 1.64. The zero-order valence-corrected chi connectivity index (χ0v) is 10.4. The molecule has 0 aliphatic rings. The summed E-state index contributed by atoms with van der Waals surface area (Å²) in [5, 5.41) is 0.972. The second kappa shape index (κ2) is 5.80. The number of fused-ring (bicyclic) bond motifs is 1. The summed E-state index contributed by atoms with van der Waals surface area (Å²) in [4.78, 5) is 15.2. The molecule has 1 heterocycles. The highest BCUT2D eigenvalue weighted by atomic mass is 16.5. The van der Waals surface area contributed by atoms with E-state index in [1.54, 1.807) is 19.4 Å². The van der Waals surface area contributed by atoms with Crippen LogP contribution in [0.2, 0.25) is 0 Å². The molecule has 3 N–H and O–H groups in total. The highest BCUT2D eigenvalue weighted by Crippen LogP contribution is 2.15. The number of methoxy groups -OCH3 is 1. The molecule has 0 bridgehead atoms. The second-order valence-electron chi connectivity index (χ2n) is 4.30. The summed E-state index contributed by atoms with van der Waals surface area (Å²) >= 11 is 0. The van der Waals surface area contributed by atoms with Crippen molar-refractivity contribution in [3.8, 4) is 0 Å². The van der Waals surface area contributed by atoms with Crippen molar-refractivity contribution in [3.05, 3.63) is 36.0 Å². The first kappa shape index (κ1) is 12.8. The summed E-state index contributed by atoms with van der Waals surface area (Å²) < 4.78 is 4.95. The Kier molecular flexibility index (Phi) is 4.12. The monoisotopic (exact) mass is 245 g/mol. The third-order valence-electron chi connectivity index (χ3n) is 2.96. The van der Waals surface area contributed by atoms with Crippen LogP contribution in [0.5, 0.6) is 0 Å². The number of nitrogens with two attached hydrogens (primary N) is 1. The van der Waals surface area contributed by atoms with Gasteiger partial charge in [-0.25, -0.2) is 0 Å². The Bertz CT molecular complexity index is 533. The molecule has 2 rings (SSSR count). The first-order valence-electron chi connectivity index (χ1n) is 6.00. The molecule has 0 amide bonds. The number of ketones is 1. The molecule has 1 aromatic heterocycles. The number of hydrogen-bond acceptors (Lipinski definition) is 3. The molecule has 18 heavy (non-hydrogen) atoms. The van der Waals surface area contributed by atoms with Gasteiger partial charge in [0.15, 0.2) is 5.78 Å². The number of carbonyl (C=O) groups is 1. The van der Waals surface area contributed by atoms with Gasteiger partial charge in [-0.15, -0.1) is 0 Å². The Balaban J connectivity index is 2.07. The van der Waals surface area contributed by atoms with E-state index in [0.717, 1.165) is 17.3 Å². The van der Waals surface area contributed by atoms with Gasteiger partial charge in [-0.2, -0.15) is 0 Å². The smallest absolute Gasteiger partial charge is 0.179 e. The molecule has 2 aromatic rings. The van der Waals surface area contributed by atoms with E-state index in [2.05, 4.69) is 11.1 Å². The van der Waals surface area contributed by atoms with Gasteiger partial charge in [-0.3, -0.25) is 4.79 Å². The molecule has 0 aliphatic carbocycles. The lowest BCUT2D eigenvalue weighted by molar-refractivity contribution is 0.0950. The topological polar surface area (TPSA) is 68.1 Å². The van der Waals surface area contributed by atoms with E-state index in [0.29, 0.717) is 18.6 Å². The van der Waals surface area contributed by atoms with Gasteiger partial charge in [-0.05, 0) is 18.9 Å². The van der Waals surface area contributed by atoms with Crippen molar-refractivity contribution in [2.45, 2.75) is 18.9 Å². The Morgan fingerprint density at radius 1 is 1.56 bits per heavy atom. The molecule has 1 aromatic carbocycles. The number of Topliss-reactive ketones (excluding diaryl/α,β-unsaturated/α-hetero) is 1. The minimum Gasteiger partial charge on any atom is -0.385 e. The molecule has 1 radical (unpaired) electrons. The van der Waals surface area contributed by atoms with Gasteiger partial charge < -0.3 is 15.5 Å². The summed E-state index contributed by atoms with van der Waals surface area (Å²) in [6.45, 7) is 0.631. The lowest BCUT2D eigenvalue weighted by Crippen LogP contribution is -2.30. The van der Waals surface area contributed by atoms with E-state index in [4.69, 9.17) is 10.5 Å². The van der Waals surface area contributed by atoms with Crippen LogP contribution in [-0.4, -0.2) is 30.5 Å². The van der Waals surface area contributed by atoms with E-state index in [-0.39, 0.29) is 5.78 Å². The Morgan fingerprint density at radius 3 is 3.17 bits per heavy atom. The second-order valence-corrected chi connectivity index (χ2v) is 4.30. The van der Waals surface area contributed by atoms with Gasteiger partial charge in [-0.1, -0.05) is 12.1 Å². The van der Waals surface area contributed by atoms with E-state index in [9.17, 15) is 4.79 Å². The van der Waals surface area contributed by atoms with Crippen molar-refractivity contribution in [2.75, 3.05) is 13.7 Å². The maximum absolute atomic E-state index is 12.1. The fourth-order valence-electron chi connectivity index (χ4n) is 1.93. The predicted octanol–water partition coefficient (Wildman–Crippen LogP) is 1.90. The van der Waals surface area contributed by atoms with Gasteiger partial charge in [0.2, 0.25) is 0 Å². The number of aromatic nitrogens is 1. The highest BCUT2D eigenvalue weighted by Gasteiger charge is 2.15. The van der Waals surface area contributed by atoms with Gasteiger partial charge >= 0.3 is 0 Å². The average molecular weight is 245 g/mol. The molecular weight excluding hydrogens is 228 g/mol. The first-order chi connectivity index (χ1) is 8.72. The standard InChI is InChI=1S/C14H17N2O2/c1-18-8-2-3-12(15)14(17)11-5-4-10-6-7-16-13(10)9-11/h4-5,7,9,12,16H,2-3,8,15H2,1H3. The lowest BCUT2D eigenvalue weighted by atomic mass is 10.0. The molecule has 4 nitrogen and oxygen atoms in total. The highest BCUT2D eigenvalue weighted by molar-refractivity contribution is 6.02. The van der Waals surface area contributed by atoms with Crippen LogP contribution in [0.25, 0.3) is 10.9 Å². The molecule has 4 heteroatoms. The minimum absolute atomic E-state index is 0.0254. The Hall–Kier alpha value is -1.65. The van der Waals surface area contributed by atoms with Gasteiger partial charge in [0.1, 0.15) is 0 Å². The zero-order valence-electron chi connectivity index (χ0n) is 10.4. The Labute approximate surface area is 106 Å². The van der Waals surface area contributed by atoms with Crippen LogP contribution in [0, 0.1) is 6.07 Å². The number of carbonyl (C=O) groups excluding carboxylic acids is 1. The van der Waals surface area contributed by atoms with Crippen LogP contribution in [0.15, 0.2) is 24.4 Å². The van der Waals surface area contributed by atoms with Crippen molar-refractivity contribution in [1.29, 1.82) is 0 Å². The summed E-state index contributed by atoms with van der Waals surface area (Å²) in [5.74, 6) is -0.0254. The quantitative estimate of drug-likeness (QED) is 0.603. The van der Waals surface area contributed by atoms with Crippen molar-refractivity contribution >= 4 is 16.7 Å². The predicted molar refractivity (Wildman–Crippen MR) is 70.6 cm³/mol. The van der Waals surface area contributed by atoms with Crippen LogP contribution in [0.3, 0.4) is 0 Å². The molecule has 0 saturated heterocycles. The van der Waals surface area contributed by atoms with Crippen LogP contribution in [-0.2, 0) is 4.74 Å². The average Bonchev–Trinajstić information content (AvgIpc) is 2.85. The van der Waals surface area contributed by atoms with Crippen LogP contribution in [0.1, 0.15) is 23.2 Å². The van der Waals surface area contributed by atoms with Crippen LogP contribution < -0.4 is 5.73 Å². The van der Waals surface area contributed by atoms with E-state index < -0.39 is 6.04 Å². The fourth-order valence-corrected chi connectivity index (χ4v) is 1.93. The van der Waals surface area contributed by atoms with Gasteiger partial charge in [0.25, 0.3) is 0 Å². The molecule has 0 saturated carbocycles. The summed E-state index contributed by atoms with van der Waals surface area (Å²) in [5.41, 5.74) is 7.44. The van der Waals surface area contributed by atoms with Crippen LogP contribution >= 0.6 is 0 Å². The van der Waals surface area contributed by atoms with E-state index in [1.165, 1.54) is 0 Å². The van der Waals surface area contributed by atoms with E-state index >= 15 is 0 Å². The number of ether oxygens (including phenoxy) is 1. The van der Waals surface area contributed by atoms with Gasteiger partial charge in [0.05, 0.1) is 6.04 Å². The first-order valence-corrected chi connectivity index (χ1v) is 6.00. The molecule has 95 valence electrons. The maximum atomic E-state index is 12.1. The number of H-pyrrole nitrogens is 1. The summed E-state index contributed by atoms with van der Waals surface area (Å²) in [6, 6.07) is 8.08. The molecule has 1 unspecified atom stereocenters. The maximum Gasteiger partial charge on any atom is 0.179 e. The van der Waals surface area contributed by atoms with Crippen molar-refractivity contribution in [2.24, 2.45) is 5.73 Å². The number of benzene rings is 1. The van der Waals surface area contributed by atoms with E-state index in [1.807, 2.05) is 12.1 Å². The van der Waals surface area contributed by atoms with Crippen LogP contribution in [0.4, 0.5) is 0 Å². The largest absolute Gasteiger partial charge is 0.385 e. The number of aromatic amines is 1. The number of rotatable bonds is 6. The number of nitrogens with one attached hydrogen (secondary N) is 1. The lowest BCUT2D eigenvalue weighted by Gasteiger charge is -2.10. The number of hydrogen-bond donors (Lipinski definition) is 2. The third-order valence-corrected chi connectivity index (χ3v) is 2.96. The molecule has 1 atom stereocenters. The normalized spacial score (nSPS) is 12.8. The summed E-state index contributed by atoms with van der Waals surface area (Å²) in [6.07, 6.45) is 3.17. The zero-order chi connectivity index (χ0) is 13.0. The molecule has 0 spiro atoms. The van der Waals surface area contributed by atoms with Crippen molar-refractivity contribution in [1.82, 2.24) is 4.98 Å². The van der Waals surface area contributed by atoms with Crippen molar-refractivity contribution < 1.29 is 9.53 Å². The molecule has 0 fully saturated rings. The van der Waals surface area contributed by atoms with Crippen molar-refractivity contribution in [3.63, 3.8) is 0 Å².